The molecule has 1 fully saturated rings. The predicted octanol–water partition coefficient (Wildman–Crippen LogP) is 5.12. The topological polar surface area (TPSA) is 68.5 Å². The molecule has 1 saturated heterocycles. The largest absolute Gasteiger partial charge is 0.489 e. The van der Waals surface area contributed by atoms with E-state index in [0.717, 1.165) is 11.6 Å². The number of halogens is 3. The van der Waals surface area contributed by atoms with Crippen LogP contribution in [0.25, 0.3) is 0 Å². The lowest BCUT2D eigenvalue weighted by molar-refractivity contribution is -0.141. The Hall–Kier alpha value is -3.36. The second kappa shape index (κ2) is 9.02. The second-order valence-electron chi connectivity index (χ2n) is 7.84. The Morgan fingerprint density at radius 1 is 1.22 bits per heavy atom. The molecule has 32 heavy (non-hydrogen) atoms. The van der Waals surface area contributed by atoms with Crippen molar-refractivity contribution in [1.82, 2.24) is 10.1 Å². The third-order valence-electron chi connectivity index (χ3n) is 5.46. The normalized spacial score (nSPS) is 17.4. The minimum absolute atomic E-state index is 0.00204. The van der Waals surface area contributed by atoms with Gasteiger partial charge in [-0.05, 0) is 35.7 Å². The first kappa shape index (κ1) is 21.9. The van der Waals surface area contributed by atoms with Crippen LogP contribution in [0.4, 0.5) is 19.0 Å². The monoisotopic (exact) mass is 445 g/mol. The smallest absolute Gasteiger partial charge is 0.433 e. The number of alkyl halides is 3. The van der Waals surface area contributed by atoms with Gasteiger partial charge in [0.25, 0.3) is 0 Å². The van der Waals surface area contributed by atoms with Gasteiger partial charge < -0.3 is 14.2 Å². The number of aromatic nitrogens is 2. The Balaban J connectivity index is 1.33. The molecule has 2 atom stereocenters. The van der Waals surface area contributed by atoms with E-state index < -0.39 is 11.9 Å². The summed E-state index contributed by atoms with van der Waals surface area (Å²) >= 11 is 0. The Kier molecular flexibility index (Phi) is 6.16. The van der Waals surface area contributed by atoms with E-state index in [1.165, 1.54) is 12.3 Å². The van der Waals surface area contributed by atoms with E-state index in [2.05, 4.69) is 10.1 Å². The highest BCUT2D eigenvalue weighted by molar-refractivity contribution is 5.94. The molecule has 4 rings (SSSR count). The summed E-state index contributed by atoms with van der Waals surface area (Å²) in [4.78, 5) is 17.7. The molecule has 0 spiro atoms. The summed E-state index contributed by atoms with van der Waals surface area (Å²) in [6.07, 6.45) is -2.25. The minimum Gasteiger partial charge on any atom is -0.489 e. The average Bonchev–Trinajstić information content (AvgIpc) is 3.46. The quantitative estimate of drug-likeness (QED) is 0.470. The van der Waals surface area contributed by atoms with Gasteiger partial charge in [-0.15, -0.1) is 0 Å². The van der Waals surface area contributed by atoms with Crippen LogP contribution in [-0.2, 0) is 6.18 Å². The zero-order valence-electron chi connectivity index (χ0n) is 17.4. The predicted molar refractivity (Wildman–Crippen MR) is 111 cm³/mol. The van der Waals surface area contributed by atoms with Gasteiger partial charge >= 0.3 is 6.18 Å². The Bertz CT molecular complexity index is 1050. The fourth-order valence-electron chi connectivity index (χ4n) is 3.71. The molecule has 0 bridgehead atoms. The van der Waals surface area contributed by atoms with Crippen molar-refractivity contribution in [2.24, 2.45) is 0 Å². The van der Waals surface area contributed by atoms with Crippen LogP contribution in [0.1, 0.15) is 47.4 Å². The maximum atomic E-state index is 12.9. The first-order valence-electron chi connectivity index (χ1n) is 10.3. The Morgan fingerprint density at radius 3 is 2.69 bits per heavy atom. The summed E-state index contributed by atoms with van der Waals surface area (Å²) in [6, 6.07) is 13.0. The molecule has 0 aliphatic carbocycles. The highest BCUT2D eigenvalue weighted by atomic mass is 19.4. The number of carbonyl (C=O) groups excluding carboxylic acids is 1. The molecule has 1 aromatic carbocycles. The van der Waals surface area contributed by atoms with Crippen LogP contribution >= 0.6 is 0 Å². The number of anilines is 1. The summed E-state index contributed by atoms with van der Waals surface area (Å²) in [5.74, 6) is 0.891. The van der Waals surface area contributed by atoms with Crippen LogP contribution in [0, 0.1) is 0 Å². The van der Waals surface area contributed by atoms with Crippen molar-refractivity contribution in [1.29, 1.82) is 0 Å². The number of pyridine rings is 1. The fraction of sp³-hybridized carbons (Fsp3) is 0.348. The number of carbonyl (C=O) groups is 1. The second-order valence-corrected chi connectivity index (χ2v) is 7.84. The summed E-state index contributed by atoms with van der Waals surface area (Å²) in [5.41, 5.74) is 0.416. The van der Waals surface area contributed by atoms with Gasteiger partial charge in [0.1, 0.15) is 35.3 Å². The molecule has 0 radical (unpaired) electrons. The van der Waals surface area contributed by atoms with Crippen LogP contribution in [0.15, 0.2) is 59.3 Å². The lowest BCUT2D eigenvalue weighted by Crippen LogP contribution is -2.25. The number of nitrogens with zero attached hydrogens (tertiary/aromatic N) is 3. The standard InChI is InChI=1S/C23H22F3N3O3/c1-15(13-20(30)19-10-12-31-28-19)16-5-7-17(8-6-16)32-18-9-11-29(14-18)22-4-2-3-21(27-22)23(24,25)26/h2-8,10,12,15,18H,9,11,13-14H2,1H3/t15-,18?/m1/s1. The van der Waals surface area contributed by atoms with E-state index in [0.29, 0.717) is 43.2 Å². The van der Waals surface area contributed by atoms with Crippen LogP contribution in [-0.4, -0.2) is 35.1 Å². The lowest BCUT2D eigenvalue weighted by Gasteiger charge is -2.19. The van der Waals surface area contributed by atoms with E-state index in [4.69, 9.17) is 9.26 Å². The van der Waals surface area contributed by atoms with E-state index in [1.54, 1.807) is 17.0 Å². The van der Waals surface area contributed by atoms with Crippen molar-refractivity contribution in [2.45, 2.75) is 38.0 Å². The zero-order valence-corrected chi connectivity index (χ0v) is 17.4. The maximum Gasteiger partial charge on any atom is 0.433 e. The molecule has 1 aliphatic rings. The Morgan fingerprint density at radius 2 is 2.00 bits per heavy atom. The number of benzene rings is 1. The van der Waals surface area contributed by atoms with Crippen LogP contribution in [0.5, 0.6) is 5.75 Å². The van der Waals surface area contributed by atoms with Crippen molar-refractivity contribution < 1.29 is 27.2 Å². The molecule has 3 aromatic rings. The molecule has 0 N–H and O–H groups in total. The molecule has 168 valence electrons. The first-order chi connectivity index (χ1) is 15.3. The summed E-state index contributed by atoms with van der Waals surface area (Å²) < 4.78 is 49.5. The van der Waals surface area contributed by atoms with Gasteiger partial charge in [0.05, 0.1) is 6.54 Å². The number of ketones is 1. The third kappa shape index (κ3) is 5.09. The van der Waals surface area contributed by atoms with Gasteiger partial charge in [-0.25, -0.2) is 4.98 Å². The van der Waals surface area contributed by atoms with E-state index >= 15 is 0 Å². The molecule has 0 amide bonds. The number of ether oxygens (including phenoxy) is 1. The van der Waals surface area contributed by atoms with Gasteiger partial charge in [0.2, 0.25) is 0 Å². The van der Waals surface area contributed by atoms with E-state index in [9.17, 15) is 18.0 Å². The molecule has 1 aliphatic heterocycles. The fourth-order valence-corrected chi connectivity index (χ4v) is 3.71. The van der Waals surface area contributed by atoms with Gasteiger partial charge in [-0.2, -0.15) is 13.2 Å². The summed E-state index contributed by atoms with van der Waals surface area (Å²) in [5, 5.41) is 3.67. The molecule has 6 nitrogen and oxygen atoms in total. The zero-order chi connectivity index (χ0) is 22.7. The molecule has 9 heteroatoms. The molecule has 3 heterocycles. The van der Waals surface area contributed by atoms with E-state index in [1.807, 2.05) is 31.2 Å². The molecule has 0 saturated carbocycles. The van der Waals surface area contributed by atoms with E-state index in [-0.39, 0.29) is 17.8 Å². The van der Waals surface area contributed by atoms with Gasteiger partial charge in [0, 0.05) is 25.5 Å². The minimum atomic E-state index is -4.47. The number of hydrogen-bond acceptors (Lipinski definition) is 6. The van der Waals surface area contributed by atoms with Crippen LogP contribution in [0.3, 0.4) is 0 Å². The van der Waals surface area contributed by atoms with Crippen molar-refractivity contribution in [3.8, 4) is 5.75 Å². The molecular formula is C23H22F3N3O3. The van der Waals surface area contributed by atoms with Gasteiger partial charge in [-0.3, -0.25) is 4.79 Å². The van der Waals surface area contributed by atoms with Crippen molar-refractivity contribution >= 4 is 11.6 Å². The number of hydrogen-bond donors (Lipinski definition) is 0. The van der Waals surface area contributed by atoms with Crippen LogP contribution < -0.4 is 9.64 Å². The highest BCUT2D eigenvalue weighted by Crippen LogP contribution is 2.30. The van der Waals surface area contributed by atoms with Crippen LogP contribution in [0.2, 0.25) is 0 Å². The first-order valence-corrected chi connectivity index (χ1v) is 10.3. The number of rotatable bonds is 7. The average molecular weight is 445 g/mol. The highest BCUT2D eigenvalue weighted by Gasteiger charge is 2.33. The van der Waals surface area contributed by atoms with Crippen molar-refractivity contribution in [2.75, 3.05) is 18.0 Å². The summed E-state index contributed by atoms with van der Waals surface area (Å²) in [7, 11) is 0. The van der Waals surface area contributed by atoms with Crippen molar-refractivity contribution in [3.05, 3.63) is 71.7 Å². The third-order valence-corrected chi connectivity index (χ3v) is 5.46. The Labute approximate surface area is 183 Å². The SMILES string of the molecule is C[C@H](CC(=O)c1ccon1)c1ccc(OC2CCN(c3cccc(C(F)(F)F)n3)C2)cc1. The van der Waals surface area contributed by atoms with Crippen molar-refractivity contribution in [3.63, 3.8) is 0 Å². The molecule has 1 unspecified atom stereocenters. The van der Waals surface area contributed by atoms with Gasteiger partial charge in [-0.1, -0.05) is 30.3 Å². The molecular weight excluding hydrogens is 423 g/mol. The van der Waals surface area contributed by atoms with Gasteiger partial charge in [0.15, 0.2) is 5.78 Å². The number of Topliss-reactive ketones (excluding diaryl/α,β-unsaturated/α-hetero) is 1. The lowest BCUT2D eigenvalue weighted by atomic mass is 9.95. The maximum absolute atomic E-state index is 12.9. The molecule has 2 aromatic heterocycles. The summed E-state index contributed by atoms with van der Waals surface area (Å²) in [6.45, 7) is 2.99.